The average molecular weight is 354 g/mol. The molecular weight excluding hydrogens is 332 g/mol. The number of nitrogens with one attached hydrogen (secondary N) is 1. The second-order valence-electron chi connectivity index (χ2n) is 6.04. The van der Waals surface area contributed by atoms with Crippen LogP contribution in [-0.2, 0) is 13.0 Å². The van der Waals surface area contributed by atoms with Gasteiger partial charge in [0.05, 0.1) is 6.10 Å². The molecule has 0 amide bonds. The highest BCUT2D eigenvalue weighted by Crippen LogP contribution is 2.18. The van der Waals surface area contributed by atoms with Crippen LogP contribution in [-0.4, -0.2) is 33.4 Å². The maximum absolute atomic E-state index is 10.2. The van der Waals surface area contributed by atoms with Crippen LogP contribution >= 0.6 is 11.5 Å². The molecule has 1 aromatic heterocycles. The van der Waals surface area contributed by atoms with Gasteiger partial charge in [-0.2, -0.15) is 0 Å². The first kappa shape index (κ1) is 17.7. The maximum Gasteiger partial charge on any atom is 0.105 e. The Labute approximate surface area is 151 Å². The highest BCUT2D eigenvalue weighted by Gasteiger charge is 2.14. The lowest BCUT2D eigenvalue weighted by Crippen LogP contribution is -2.42. The van der Waals surface area contributed by atoms with Crippen LogP contribution in [0.2, 0.25) is 0 Å². The van der Waals surface area contributed by atoms with E-state index in [0.29, 0.717) is 19.5 Å². The Morgan fingerprint density at radius 2 is 1.80 bits per heavy atom. The normalized spacial score (nSPS) is 13.5. The fourth-order valence-electron chi connectivity index (χ4n) is 2.62. The van der Waals surface area contributed by atoms with Gasteiger partial charge in [-0.25, -0.2) is 0 Å². The molecule has 0 unspecified atom stereocenters. The average Bonchev–Trinajstić information content (AvgIpc) is 3.18. The summed E-state index contributed by atoms with van der Waals surface area (Å²) in [6.45, 7) is 1.15. The van der Waals surface area contributed by atoms with Gasteiger partial charge in [0.25, 0.3) is 0 Å². The van der Waals surface area contributed by atoms with Crippen molar-refractivity contribution < 1.29 is 5.11 Å². The molecule has 2 atom stereocenters. The lowest BCUT2D eigenvalue weighted by Gasteiger charge is -2.19. The second kappa shape index (κ2) is 8.82. The van der Waals surface area contributed by atoms with Crippen molar-refractivity contribution >= 4 is 11.5 Å². The molecule has 1 heterocycles. The highest BCUT2D eigenvalue weighted by molar-refractivity contribution is 7.03. The first-order chi connectivity index (χ1) is 12.2. The summed E-state index contributed by atoms with van der Waals surface area (Å²) in [6, 6.07) is 17.9. The number of nitrogens with zero attached hydrogens (tertiary/aromatic N) is 2. The molecule has 130 valence electrons. The van der Waals surface area contributed by atoms with E-state index >= 15 is 0 Å². The van der Waals surface area contributed by atoms with Crippen LogP contribution < -0.4 is 11.1 Å². The number of nitrogens with two attached hydrogens (primary N) is 1. The maximum atomic E-state index is 10.2. The summed E-state index contributed by atoms with van der Waals surface area (Å²) in [5.41, 5.74) is 10.3. The van der Waals surface area contributed by atoms with E-state index in [2.05, 4.69) is 27.0 Å². The molecule has 5 nitrogen and oxygen atoms in total. The van der Waals surface area contributed by atoms with Gasteiger partial charge in [-0.1, -0.05) is 59.1 Å². The molecule has 0 aliphatic rings. The van der Waals surface area contributed by atoms with Crippen molar-refractivity contribution in [1.29, 1.82) is 0 Å². The van der Waals surface area contributed by atoms with E-state index in [4.69, 9.17) is 5.73 Å². The minimum atomic E-state index is -0.583. The van der Waals surface area contributed by atoms with E-state index < -0.39 is 6.10 Å². The summed E-state index contributed by atoms with van der Waals surface area (Å²) in [5.74, 6) is 0. The van der Waals surface area contributed by atoms with Gasteiger partial charge in [0.15, 0.2) is 0 Å². The minimum Gasteiger partial charge on any atom is -0.390 e. The molecule has 3 rings (SSSR count). The van der Waals surface area contributed by atoms with Gasteiger partial charge in [-0.3, -0.25) is 0 Å². The van der Waals surface area contributed by atoms with Crippen LogP contribution in [0.1, 0.15) is 11.1 Å². The summed E-state index contributed by atoms with van der Waals surface area (Å²) in [4.78, 5) is 0. The number of benzene rings is 2. The summed E-state index contributed by atoms with van der Waals surface area (Å²) in [5, 5.41) is 19.5. The van der Waals surface area contributed by atoms with Crippen molar-refractivity contribution in [3.05, 3.63) is 71.1 Å². The van der Waals surface area contributed by atoms with Gasteiger partial charge < -0.3 is 16.2 Å². The molecule has 0 bridgehead atoms. The summed E-state index contributed by atoms with van der Waals surface area (Å²) in [7, 11) is 0. The lowest BCUT2D eigenvalue weighted by atomic mass is 10.0. The Morgan fingerprint density at radius 1 is 1.04 bits per heavy atom. The Kier molecular flexibility index (Phi) is 6.25. The molecule has 0 aliphatic heterocycles. The van der Waals surface area contributed by atoms with Gasteiger partial charge in [0.2, 0.25) is 0 Å². The zero-order valence-corrected chi connectivity index (χ0v) is 14.7. The molecule has 25 heavy (non-hydrogen) atoms. The quantitative estimate of drug-likeness (QED) is 0.578. The van der Waals surface area contributed by atoms with E-state index in [1.165, 1.54) is 11.5 Å². The first-order valence-corrected chi connectivity index (χ1v) is 9.10. The van der Waals surface area contributed by atoms with Gasteiger partial charge in [0.1, 0.15) is 5.69 Å². The molecule has 3 aromatic rings. The van der Waals surface area contributed by atoms with E-state index in [-0.39, 0.29) is 6.04 Å². The molecule has 0 radical (unpaired) electrons. The van der Waals surface area contributed by atoms with Crippen LogP contribution in [0.4, 0.5) is 0 Å². The summed E-state index contributed by atoms with van der Waals surface area (Å²) >= 11 is 1.35. The van der Waals surface area contributed by atoms with E-state index in [9.17, 15) is 5.11 Å². The van der Waals surface area contributed by atoms with Crippen LogP contribution in [0.5, 0.6) is 0 Å². The van der Waals surface area contributed by atoms with E-state index in [1.54, 1.807) is 0 Å². The number of hydrogen-bond acceptors (Lipinski definition) is 6. The third-order valence-electron chi connectivity index (χ3n) is 4.10. The smallest absolute Gasteiger partial charge is 0.105 e. The molecule has 6 heteroatoms. The number of aromatic nitrogens is 2. The molecule has 0 saturated heterocycles. The Hall–Kier alpha value is -2.12. The number of rotatable bonds is 8. The summed E-state index contributed by atoms with van der Waals surface area (Å²) < 4.78 is 3.88. The van der Waals surface area contributed by atoms with Gasteiger partial charge >= 0.3 is 0 Å². The lowest BCUT2D eigenvalue weighted by molar-refractivity contribution is 0.141. The third-order valence-corrected chi connectivity index (χ3v) is 4.61. The molecule has 0 spiro atoms. The standard InChI is InChI=1S/C19H22N4OS/c20-17(10-14-4-2-1-3-5-14)19(24)12-21-11-15-6-8-16(9-7-15)18-13-25-23-22-18/h1-9,13,17,19,21,24H,10-12,20H2/t17-,19-/m0/s1. The summed E-state index contributed by atoms with van der Waals surface area (Å²) in [6.07, 6.45) is 0.0839. The predicted octanol–water partition coefficient (Wildman–Crippen LogP) is 2.23. The van der Waals surface area contributed by atoms with Crippen molar-refractivity contribution in [3.8, 4) is 11.3 Å². The minimum absolute atomic E-state index is 0.283. The number of aliphatic hydroxyl groups excluding tert-OH is 1. The van der Waals surface area contributed by atoms with Crippen LogP contribution in [0.3, 0.4) is 0 Å². The monoisotopic (exact) mass is 354 g/mol. The van der Waals surface area contributed by atoms with Crippen molar-refractivity contribution in [2.24, 2.45) is 5.73 Å². The van der Waals surface area contributed by atoms with Crippen LogP contribution in [0.25, 0.3) is 11.3 Å². The predicted molar refractivity (Wildman–Crippen MR) is 101 cm³/mol. The van der Waals surface area contributed by atoms with E-state index in [1.807, 2.05) is 47.8 Å². The largest absolute Gasteiger partial charge is 0.390 e. The van der Waals surface area contributed by atoms with Crippen molar-refractivity contribution in [1.82, 2.24) is 14.9 Å². The third kappa shape index (κ3) is 5.17. The van der Waals surface area contributed by atoms with Gasteiger partial charge in [-0.05, 0) is 29.1 Å². The molecule has 0 saturated carbocycles. The number of aliphatic hydroxyl groups is 1. The Balaban J connectivity index is 1.44. The fraction of sp³-hybridized carbons (Fsp3) is 0.263. The molecule has 0 fully saturated rings. The topological polar surface area (TPSA) is 84.1 Å². The van der Waals surface area contributed by atoms with Gasteiger partial charge in [0, 0.05) is 30.1 Å². The SMILES string of the molecule is N[C@@H](Cc1ccccc1)[C@@H](O)CNCc1ccc(-c2csnn2)cc1. The molecule has 4 N–H and O–H groups in total. The van der Waals surface area contributed by atoms with Gasteiger partial charge in [-0.15, -0.1) is 5.10 Å². The van der Waals surface area contributed by atoms with Crippen LogP contribution in [0.15, 0.2) is 60.0 Å². The highest BCUT2D eigenvalue weighted by atomic mass is 32.1. The fourth-order valence-corrected chi connectivity index (χ4v) is 3.09. The Morgan fingerprint density at radius 3 is 2.48 bits per heavy atom. The Bertz CT molecular complexity index is 747. The molecule has 2 aromatic carbocycles. The molecular formula is C19H22N4OS. The van der Waals surface area contributed by atoms with E-state index in [0.717, 1.165) is 22.4 Å². The zero-order valence-electron chi connectivity index (χ0n) is 13.9. The number of hydrogen-bond donors (Lipinski definition) is 3. The molecule has 0 aliphatic carbocycles. The zero-order chi connectivity index (χ0) is 17.5. The second-order valence-corrected chi connectivity index (χ2v) is 6.65. The van der Waals surface area contributed by atoms with Crippen molar-refractivity contribution in [2.45, 2.75) is 25.1 Å². The van der Waals surface area contributed by atoms with Crippen molar-refractivity contribution in [3.63, 3.8) is 0 Å². The van der Waals surface area contributed by atoms with Crippen LogP contribution in [0, 0.1) is 0 Å². The first-order valence-electron chi connectivity index (χ1n) is 8.27. The van der Waals surface area contributed by atoms with Crippen molar-refractivity contribution in [2.75, 3.05) is 6.54 Å².